The van der Waals surface area contributed by atoms with E-state index < -0.39 is 5.54 Å². The van der Waals surface area contributed by atoms with Crippen LogP contribution in [0.4, 0.5) is 0 Å². The van der Waals surface area contributed by atoms with E-state index in [9.17, 15) is 0 Å². The number of aliphatic hydroxyl groups is 1. The second-order valence-corrected chi connectivity index (χ2v) is 3.69. The SMILES string of the molecule is CC(N)(CO)Cc1cscn1. The van der Waals surface area contributed by atoms with Gasteiger partial charge in [-0.15, -0.1) is 11.3 Å². The van der Waals surface area contributed by atoms with Crippen LogP contribution in [0.5, 0.6) is 0 Å². The summed E-state index contributed by atoms with van der Waals surface area (Å²) in [7, 11) is 0. The highest BCUT2D eigenvalue weighted by Crippen LogP contribution is 2.09. The van der Waals surface area contributed by atoms with E-state index in [0.717, 1.165) is 5.69 Å². The highest BCUT2D eigenvalue weighted by Gasteiger charge is 2.18. The van der Waals surface area contributed by atoms with E-state index >= 15 is 0 Å². The van der Waals surface area contributed by atoms with Gasteiger partial charge in [-0.2, -0.15) is 0 Å². The van der Waals surface area contributed by atoms with Crippen molar-refractivity contribution in [2.45, 2.75) is 18.9 Å². The fraction of sp³-hybridized carbons (Fsp3) is 0.571. The van der Waals surface area contributed by atoms with Gasteiger partial charge in [-0.25, -0.2) is 4.98 Å². The summed E-state index contributed by atoms with van der Waals surface area (Å²) in [6.45, 7) is 1.80. The number of hydrogen-bond donors (Lipinski definition) is 2. The van der Waals surface area contributed by atoms with Gasteiger partial charge in [-0.1, -0.05) is 0 Å². The number of aromatic nitrogens is 1. The fourth-order valence-corrected chi connectivity index (χ4v) is 1.35. The molecule has 0 spiro atoms. The van der Waals surface area contributed by atoms with Crippen molar-refractivity contribution in [2.75, 3.05) is 6.61 Å². The topological polar surface area (TPSA) is 59.1 Å². The molecule has 0 fully saturated rings. The quantitative estimate of drug-likeness (QED) is 0.693. The minimum absolute atomic E-state index is 0.00940. The Labute approximate surface area is 69.9 Å². The van der Waals surface area contributed by atoms with E-state index in [2.05, 4.69) is 4.98 Å². The molecule has 0 amide bonds. The standard InChI is InChI=1S/C7H12N2OS/c1-7(8,4-10)2-6-3-11-5-9-6/h3,5,10H,2,4,8H2,1H3. The molecule has 1 heterocycles. The maximum absolute atomic E-state index is 8.84. The van der Waals surface area contributed by atoms with Gasteiger partial charge in [0.15, 0.2) is 0 Å². The second kappa shape index (κ2) is 3.30. The van der Waals surface area contributed by atoms with Crippen molar-refractivity contribution >= 4 is 11.3 Å². The largest absolute Gasteiger partial charge is 0.394 e. The van der Waals surface area contributed by atoms with Gasteiger partial charge >= 0.3 is 0 Å². The van der Waals surface area contributed by atoms with E-state index in [1.807, 2.05) is 12.3 Å². The maximum Gasteiger partial charge on any atom is 0.0794 e. The van der Waals surface area contributed by atoms with Crippen LogP contribution in [-0.4, -0.2) is 22.2 Å². The molecule has 4 heteroatoms. The first kappa shape index (κ1) is 8.64. The summed E-state index contributed by atoms with van der Waals surface area (Å²) in [5, 5.41) is 10.8. The summed E-state index contributed by atoms with van der Waals surface area (Å²) < 4.78 is 0. The Bertz CT molecular complexity index is 208. The molecule has 0 saturated heterocycles. The average molecular weight is 172 g/mol. The summed E-state index contributed by atoms with van der Waals surface area (Å²) in [6.07, 6.45) is 0.632. The van der Waals surface area contributed by atoms with E-state index in [1.54, 1.807) is 16.8 Å². The zero-order valence-electron chi connectivity index (χ0n) is 6.45. The van der Waals surface area contributed by atoms with E-state index in [-0.39, 0.29) is 6.61 Å². The summed E-state index contributed by atoms with van der Waals surface area (Å²) in [4.78, 5) is 4.08. The van der Waals surface area contributed by atoms with Gasteiger partial charge in [0.05, 0.1) is 17.8 Å². The molecular weight excluding hydrogens is 160 g/mol. The molecule has 0 bridgehead atoms. The predicted molar refractivity (Wildman–Crippen MR) is 45.5 cm³/mol. The minimum atomic E-state index is -0.534. The van der Waals surface area contributed by atoms with Gasteiger partial charge in [-0.05, 0) is 6.92 Å². The third-order valence-corrected chi connectivity index (χ3v) is 2.06. The van der Waals surface area contributed by atoms with Gasteiger partial charge in [0.2, 0.25) is 0 Å². The Balaban J connectivity index is 2.56. The van der Waals surface area contributed by atoms with Crippen molar-refractivity contribution in [3.63, 3.8) is 0 Å². The minimum Gasteiger partial charge on any atom is -0.394 e. The smallest absolute Gasteiger partial charge is 0.0794 e. The second-order valence-electron chi connectivity index (χ2n) is 2.97. The Kier molecular flexibility index (Phi) is 2.59. The molecule has 0 saturated carbocycles. The number of nitrogens with zero attached hydrogens (tertiary/aromatic N) is 1. The first-order chi connectivity index (χ1) is 5.14. The molecule has 0 aliphatic heterocycles. The number of hydrogen-bond acceptors (Lipinski definition) is 4. The molecule has 3 nitrogen and oxygen atoms in total. The third-order valence-electron chi connectivity index (χ3n) is 1.43. The molecule has 11 heavy (non-hydrogen) atoms. The Hall–Kier alpha value is -0.450. The van der Waals surface area contributed by atoms with Crippen molar-refractivity contribution in [1.29, 1.82) is 0 Å². The number of aliphatic hydroxyl groups excluding tert-OH is 1. The summed E-state index contributed by atoms with van der Waals surface area (Å²) in [5.74, 6) is 0. The number of rotatable bonds is 3. The van der Waals surface area contributed by atoms with Gasteiger partial charge < -0.3 is 10.8 Å². The summed E-state index contributed by atoms with van der Waals surface area (Å²) >= 11 is 1.54. The number of nitrogens with two attached hydrogens (primary N) is 1. The van der Waals surface area contributed by atoms with E-state index in [1.165, 1.54) is 0 Å². The molecule has 1 unspecified atom stereocenters. The molecule has 0 aliphatic carbocycles. The van der Waals surface area contributed by atoms with Crippen molar-refractivity contribution in [3.05, 3.63) is 16.6 Å². The highest BCUT2D eigenvalue weighted by molar-refractivity contribution is 7.07. The Morgan fingerprint density at radius 2 is 2.55 bits per heavy atom. The molecule has 0 aromatic carbocycles. The van der Waals surface area contributed by atoms with Crippen LogP contribution in [0.25, 0.3) is 0 Å². The Morgan fingerprint density at radius 1 is 1.82 bits per heavy atom. The third kappa shape index (κ3) is 2.57. The van der Waals surface area contributed by atoms with E-state index in [0.29, 0.717) is 6.42 Å². The average Bonchev–Trinajstić information content (AvgIpc) is 2.39. The summed E-state index contributed by atoms with van der Waals surface area (Å²) in [5.41, 5.74) is 7.91. The van der Waals surface area contributed by atoms with Crippen LogP contribution in [0.2, 0.25) is 0 Å². The van der Waals surface area contributed by atoms with Crippen molar-refractivity contribution in [1.82, 2.24) is 4.98 Å². The van der Waals surface area contributed by atoms with Crippen LogP contribution in [0.1, 0.15) is 12.6 Å². The number of thiazole rings is 1. The van der Waals surface area contributed by atoms with Gasteiger partial charge in [-0.3, -0.25) is 0 Å². The molecule has 0 radical (unpaired) electrons. The Morgan fingerprint density at radius 3 is 3.00 bits per heavy atom. The lowest BCUT2D eigenvalue weighted by Crippen LogP contribution is -2.42. The molecule has 62 valence electrons. The predicted octanol–water partition coefficient (Wildman–Crippen LogP) is 0.395. The van der Waals surface area contributed by atoms with Crippen LogP contribution in [0.3, 0.4) is 0 Å². The van der Waals surface area contributed by atoms with Crippen LogP contribution < -0.4 is 5.73 Å². The van der Waals surface area contributed by atoms with Crippen LogP contribution in [0, 0.1) is 0 Å². The monoisotopic (exact) mass is 172 g/mol. The van der Waals surface area contributed by atoms with Crippen molar-refractivity contribution in [3.8, 4) is 0 Å². The fourth-order valence-electron chi connectivity index (χ4n) is 0.794. The van der Waals surface area contributed by atoms with Crippen molar-refractivity contribution in [2.24, 2.45) is 5.73 Å². The van der Waals surface area contributed by atoms with Gasteiger partial charge in [0, 0.05) is 17.3 Å². The van der Waals surface area contributed by atoms with Crippen LogP contribution in [-0.2, 0) is 6.42 Å². The molecular formula is C7H12N2OS. The molecule has 1 atom stereocenters. The maximum atomic E-state index is 8.84. The molecule has 1 rings (SSSR count). The normalized spacial score (nSPS) is 16.3. The highest BCUT2D eigenvalue weighted by atomic mass is 32.1. The first-order valence-corrected chi connectivity index (χ1v) is 4.35. The molecule has 1 aromatic rings. The lowest BCUT2D eigenvalue weighted by atomic mass is 9.99. The van der Waals surface area contributed by atoms with Gasteiger partial charge in [0.25, 0.3) is 0 Å². The van der Waals surface area contributed by atoms with Gasteiger partial charge in [0.1, 0.15) is 0 Å². The van der Waals surface area contributed by atoms with E-state index in [4.69, 9.17) is 10.8 Å². The van der Waals surface area contributed by atoms with Crippen molar-refractivity contribution < 1.29 is 5.11 Å². The zero-order chi connectivity index (χ0) is 8.32. The molecule has 0 aliphatic rings. The molecule has 3 N–H and O–H groups in total. The summed E-state index contributed by atoms with van der Waals surface area (Å²) in [6, 6.07) is 0. The lowest BCUT2D eigenvalue weighted by Gasteiger charge is -2.19. The lowest BCUT2D eigenvalue weighted by molar-refractivity contribution is 0.207. The van der Waals surface area contributed by atoms with Crippen LogP contribution in [0.15, 0.2) is 10.9 Å². The molecule has 1 aromatic heterocycles. The van der Waals surface area contributed by atoms with Crippen LogP contribution >= 0.6 is 11.3 Å². The first-order valence-electron chi connectivity index (χ1n) is 3.41. The zero-order valence-corrected chi connectivity index (χ0v) is 7.27.